The van der Waals surface area contributed by atoms with Crippen molar-refractivity contribution in [3.05, 3.63) is 58.6 Å². The Morgan fingerprint density at radius 2 is 1.88 bits per heavy atom. The van der Waals surface area contributed by atoms with E-state index in [9.17, 15) is 8.42 Å². The number of anilines is 1. The summed E-state index contributed by atoms with van der Waals surface area (Å²) in [5.74, 6) is 0. The van der Waals surface area contributed by atoms with E-state index >= 15 is 0 Å². The first-order valence-corrected chi connectivity index (χ1v) is 9.26. The van der Waals surface area contributed by atoms with Crippen LogP contribution in [0.5, 0.6) is 0 Å². The molecule has 2 rings (SSSR count). The Balaban J connectivity index is 2.39. The molecule has 0 radical (unpaired) electrons. The van der Waals surface area contributed by atoms with Gasteiger partial charge in [-0.1, -0.05) is 41.9 Å². The molecule has 0 aliphatic heterocycles. The summed E-state index contributed by atoms with van der Waals surface area (Å²) in [6, 6.07) is 12.4. The summed E-state index contributed by atoms with van der Waals surface area (Å²) in [4.78, 5) is 0.133. The van der Waals surface area contributed by atoms with Gasteiger partial charge < -0.3 is 10.5 Å². The average Bonchev–Trinajstić information content (AvgIpc) is 2.56. The van der Waals surface area contributed by atoms with Crippen LogP contribution in [0, 0.1) is 6.92 Å². The first-order valence-electron chi connectivity index (χ1n) is 7.45. The zero-order valence-electron chi connectivity index (χ0n) is 13.7. The lowest BCUT2D eigenvalue weighted by Crippen LogP contribution is -2.33. The molecular formula is C17H21ClN2O3S. The van der Waals surface area contributed by atoms with Crippen LogP contribution in [0.3, 0.4) is 0 Å². The quantitative estimate of drug-likeness (QED) is 0.762. The van der Waals surface area contributed by atoms with Crippen LogP contribution in [-0.2, 0) is 21.3 Å². The lowest BCUT2D eigenvalue weighted by molar-refractivity contribution is 0.177. The van der Waals surface area contributed by atoms with Gasteiger partial charge in [-0.05, 0) is 30.2 Å². The SMILES string of the molecule is COCCN(Cc1ccccc1)S(=O)(=O)c1cc(C)c(Cl)c(N)c1. The predicted molar refractivity (Wildman–Crippen MR) is 96.5 cm³/mol. The molecule has 0 atom stereocenters. The van der Waals surface area contributed by atoms with E-state index in [1.807, 2.05) is 30.3 Å². The number of hydrogen-bond acceptors (Lipinski definition) is 4. The second-order valence-electron chi connectivity index (χ2n) is 5.46. The van der Waals surface area contributed by atoms with Gasteiger partial charge in [0.25, 0.3) is 0 Å². The van der Waals surface area contributed by atoms with Gasteiger partial charge in [0.15, 0.2) is 0 Å². The Labute approximate surface area is 148 Å². The number of nitrogens with zero attached hydrogens (tertiary/aromatic N) is 1. The molecule has 0 aromatic heterocycles. The maximum absolute atomic E-state index is 13.0. The van der Waals surface area contributed by atoms with Gasteiger partial charge in [-0.3, -0.25) is 0 Å². The fraction of sp³-hybridized carbons (Fsp3) is 0.294. The van der Waals surface area contributed by atoms with E-state index in [1.165, 1.54) is 17.5 Å². The fourth-order valence-electron chi connectivity index (χ4n) is 2.33. The summed E-state index contributed by atoms with van der Waals surface area (Å²) in [5.41, 5.74) is 7.61. The van der Waals surface area contributed by atoms with Crippen molar-refractivity contribution >= 4 is 27.3 Å². The molecule has 2 aromatic rings. The Kier molecular flexibility index (Phi) is 6.23. The normalized spacial score (nSPS) is 11.8. The number of nitrogen functional groups attached to an aromatic ring is 1. The van der Waals surface area contributed by atoms with E-state index in [-0.39, 0.29) is 23.7 Å². The second kappa shape index (κ2) is 7.98. The molecule has 2 N–H and O–H groups in total. The highest BCUT2D eigenvalue weighted by molar-refractivity contribution is 7.89. The molecule has 0 bridgehead atoms. The Morgan fingerprint density at radius 3 is 2.46 bits per heavy atom. The molecule has 0 saturated heterocycles. The lowest BCUT2D eigenvalue weighted by atomic mass is 10.2. The van der Waals surface area contributed by atoms with Crippen molar-refractivity contribution in [3.63, 3.8) is 0 Å². The summed E-state index contributed by atoms with van der Waals surface area (Å²) in [7, 11) is -2.18. The molecule has 130 valence electrons. The predicted octanol–water partition coefficient (Wildman–Crippen LogP) is 3.07. The van der Waals surface area contributed by atoms with Crippen molar-refractivity contribution in [3.8, 4) is 0 Å². The molecule has 5 nitrogen and oxygen atoms in total. The number of nitrogens with two attached hydrogens (primary N) is 1. The third kappa shape index (κ3) is 4.27. The molecule has 2 aromatic carbocycles. The standard InChI is InChI=1S/C17H21ClN2O3S/c1-13-10-15(11-16(19)17(13)18)24(21,22)20(8-9-23-2)12-14-6-4-3-5-7-14/h3-7,10-11H,8-9,12,19H2,1-2H3. The maximum Gasteiger partial charge on any atom is 0.243 e. The van der Waals surface area contributed by atoms with Crippen LogP contribution in [0.2, 0.25) is 5.02 Å². The topological polar surface area (TPSA) is 72.6 Å². The van der Waals surface area contributed by atoms with E-state index < -0.39 is 10.0 Å². The van der Waals surface area contributed by atoms with Crippen LogP contribution in [-0.4, -0.2) is 33.0 Å². The van der Waals surface area contributed by atoms with Crippen LogP contribution in [0.15, 0.2) is 47.4 Å². The molecule has 0 fully saturated rings. The minimum absolute atomic E-state index is 0.133. The van der Waals surface area contributed by atoms with E-state index in [4.69, 9.17) is 22.1 Å². The van der Waals surface area contributed by atoms with Crippen LogP contribution >= 0.6 is 11.6 Å². The Bertz CT molecular complexity index is 772. The zero-order chi connectivity index (χ0) is 17.7. The summed E-state index contributed by atoms with van der Waals surface area (Å²) in [5, 5.41) is 0.375. The molecule has 0 unspecified atom stereocenters. The van der Waals surface area contributed by atoms with Crippen LogP contribution in [0.25, 0.3) is 0 Å². The minimum Gasteiger partial charge on any atom is -0.397 e. The minimum atomic E-state index is -3.72. The number of ether oxygens (including phenoxy) is 1. The average molecular weight is 369 g/mol. The van der Waals surface area contributed by atoms with E-state index in [1.54, 1.807) is 13.0 Å². The van der Waals surface area contributed by atoms with Gasteiger partial charge in [-0.2, -0.15) is 4.31 Å². The van der Waals surface area contributed by atoms with Crippen molar-refractivity contribution in [1.29, 1.82) is 0 Å². The van der Waals surface area contributed by atoms with Crippen LogP contribution < -0.4 is 5.73 Å². The van der Waals surface area contributed by atoms with Crippen molar-refractivity contribution in [2.24, 2.45) is 0 Å². The van der Waals surface area contributed by atoms with Gasteiger partial charge >= 0.3 is 0 Å². The highest BCUT2D eigenvalue weighted by atomic mass is 35.5. The van der Waals surface area contributed by atoms with Crippen LogP contribution in [0.4, 0.5) is 5.69 Å². The third-order valence-electron chi connectivity index (χ3n) is 3.64. The molecular weight excluding hydrogens is 348 g/mol. The number of methoxy groups -OCH3 is 1. The van der Waals surface area contributed by atoms with Gasteiger partial charge in [-0.25, -0.2) is 8.42 Å². The summed E-state index contributed by atoms with van der Waals surface area (Å²) in [6.07, 6.45) is 0. The number of sulfonamides is 1. The monoisotopic (exact) mass is 368 g/mol. The Morgan fingerprint density at radius 1 is 1.21 bits per heavy atom. The highest BCUT2D eigenvalue weighted by Gasteiger charge is 2.25. The molecule has 0 heterocycles. The van der Waals surface area contributed by atoms with Crippen molar-refractivity contribution in [1.82, 2.24) is 4.31 Å². The Hall–Kier alpha value is -1.60. The fourth-order valence-corrected chi connectivity index (χ4v) is 3.97. The van der Waals surface area contributed by atoms with Crippen molar-refractivity contribution < 1.29 is 13.2 Å². The van der Waals surface area contributed by atoms with Gasteiger partial charge in [0.05, 0.1) is 22.2 Å². The molecule has 24 heavy (non-hydrogen) atoms. The summed E-state index contributed by atoms with van der Waals surface area (Å²) >= 11 is 6.04. The number of hydrogen-bond donors (Lipinski definition) is 1. The number of benzene rings is 2. The molecule has 0 amide bonds. The number of rotatable bonds is 7. The molecule has 7 heteroatoms. The van der Waals surface area contributed by atoms with Crippen molar-refractivity contribution in [2.45, 2.75) is 18.4 Å². The van der Waals surface area contributed by atoms with E-state index in [0.717, 1.165) is 5.56 Å². The first-order chi connectivity index (χ1) is 11.4. The van der Waals surface area contributed by atoms with Gasteiger partial charge in [0, 0.05) is 20.2 Å². The first kappa shape index (κ1) is 18.7. The largest absolute Gasteiger partial charge is 0.397 e. The van der Waals surface area contributed by atoms with E-state index in [0.29, 0.717) is 17.2 Å². The highest BCUT2D eigenvalue weighted by Crippen LogP contribution is 2.28. The number of aryl methyl sites for hydroxylation is 1. The smallest absolute Gasteiger partial charge is 0.243 e. The van der Waals surface area contributed by atoms with Gasteiger partial charge in [0.1, 0.15) is 0 Å². The summed E-state index contributed by atoms with van der Waals surface area (Å²) < 4.78 is 32.5. The number of halogens is 1. The van der Waals surface area contributed by atoms with Gasteiger partial charge in [0.2, 0.25) is 10.0 Å². The lowest BCUT2D eigenvalue weighted by Gasteiger charge is -2.22. The zero-order valence-corrected chi connectivity index (χ0v) is 15.3. The second-order valence-corrected chi connectivity index (χ2v) is 7.78. The summed E-state index contributed by atoms with van der Waals surface area (Å²) in [6.45, 7) is 2.53. The van der Waals surface area contributed by atoms with Gasteiger partial charge in [-0.15, -0.1) is 0 Å². The third-order valence-corrected chi connectivity index (χ3v) is 5.98. The molecule has 0 aliphatic rings. The van der Waals surface area contributed by atoms with Crippen LogP contribution in [0.1, 0.15) is 11.1 Å². The molecule has 0 saturated carbocycles. The maximum atomic E-state index is 13.0. The molecule has 0 spiro atoms. The van der Waals surface area contributed by atoms with Crippen molar-refractivity contribution in [2.75, 3.05) is 26.0 Å². The van der Waals surface area contributed by atoms with E-state index in [2.05, 4.69) is 0 Å². The molecule has 0 aliphatic carbocycles.